The average molecular weight is 351 g/mol. The van der Waals surface area contributed by atoms with E-state index in [4.69, 9.17) is 23.2 Å². The maximum atomic E-state index is 12.2. The van der Waals surface area contributed by atoms with Crippen LogP contribution in [0.3, 0.4) is 0 Å². The summed E-state index contributed by atoms with van der Waals surface area (Å²) in [6.45, 7) is 7.25. The minimum atomic E-state index is -0.208. The van der Waals surface area contributed by atoms with Crippen molar-refractivity contribution in [2.45, 2.75) is 20.4 Å². The van der Waals surface area contributed by atoms with Crippen molar-refractivity contribution < 1.29 is 4.79 Å². The van der Waals surface area contributed by atoms with E-state index < -0.39 is 0 Å². The van der Waals surface area contributed by atoms with Crippen LogP contribution in [0.2, 0.25) is 10.0 Å². The van der Waals surface area contributed by atoms with Gasteiger partial charge in [0.2, 0.25) is 0 Å². The molecule has 0 radical (unpaired) electrons. The molecule has 1 N–H and O–H groups in total. The summed E-state index contributed by atoms with van der Waals surface area (Å²) in [6, 6.07) is 12.7. The molecule has 2 aromatic carbocycles. The van der Waals surface area contributed by atoms with E-state index >= 15 is 0 Å². The van der Waals surface area contributed by atoms with Crippen molar-refractivity contribution in [2.75, 3.05) is 18.4 Å². The molecule has 0 saturated heterocycles. The maximum absolute atomic E-state index is 12.2. The zero-order valence-electron chi connectivity index (χ0n) is 13.3. The fourth-order valence-electron chi connectivity index (χ4n) is 2.24. The molecule has 3 nitrogen and oxygen atoms in total. The summed E-state index contributed by atoms with van der Waals surface area (Å²) >= 11 is 11.8. The Morgan fingerprint density at radius 3 is 2.22 bits per heavy atom. The van der Waals surface area contributed by atoms with Gasteiger partial charge in [0.15, 0.2) is 0 Å². The molecular weight excluding hydrogens is 331 g/mol. The number of halogens is 2. The third kappa shape index (κ3) is 4.96. The van der Waals surface area contributed by atoms with E-state index in [1.807, 2.05) is 24.3 Å². The molecule has 2 rings (SSSR count). The number of nitrogens with zero attached hydrogens (tertiary/aromatic N) is 1. The third-order valence-electron chi connectivity index (χ3n) is 3.69. The lowest BCUT2D eigenvalue weighted by atomic mass is 10.1. The smallest absolute Gasteiger partial charge is 0.255 e. The molecule has 0 spiro atoms. The molecule has 0 unspecified atom stereocenters. The molecule has 122 valence electrons. The van der Waals surface area contributed by atoms with Crippen LogP contribution in [0, 0.1) is 0 Å². The van der Waals surface area contributed by atoms with Gasteiger partial charge in [0.1, 0.15) is 0 Å². The molecule has 23 heavy (non-hydrogen) atoms. The van der Waals surface area contributed by atoms with Crippen molar-refractivity contribution in [3.63, 3.8) is 0 Å². The topological polar surface area (TPSA) is 32.3 Å². The first kappa shape index (κ1) is 17.8. The van der Waals surface area contributed by atoms with Crippen molar-refractivity contribution >= 4 is 34.8 Å². The minimum absolute atomic E-state index is 0.208. The van der Waals surface area contributed by atoms with Crippen LogP contribution in [-0.2, 0) is 6.54 Å². The zero-order chi connectivity index (χ0) is 16.8. The number of carbonyl (C=O) groups is 1. The lowest BCUT2D eigenvalue weighted by Gasteiger charge is -2.18. The van der Waals surface area contributed by atoms with Gasteiger partial charge in [-0.2, -0.15) is 0 Å². The van der Waals surface area contributed by atoms with Gasteiger partial charge in [-0.25, -0.2) is 0 Å². The molecule has 0 heterocycles. The Labute approximate surface area is 147 Å². The summed E-state index contributed by atoms with van der Waals surface area (Å²) in [5.41, 5.74) is 2.46. The molecular formula is C18H20Cl2N2O. The van der Waals surface area contributed by atoms with Gasteiger partial charge in [-0.05, 0) is 49.0 Å². The Morgan fingerprint density at radius 1 is 1.00 bits per heavy atom. The second-order valence-electron chi connectivity index (χ2n) is 5.24. The van der Waals surface area contributed by atoms with Gasteiger partial charge < -0.3 is 5.32 Å². The van der Waals surface area contributed by atoms with Crippen LogP contribution in [0.15, 0.2) is 42.5 Å². The Hall–Kier alpha value is -1.55. The third-order valence-corrected chi connectivity index (χ3v) is 4.43. The fourth-order valence-corrected chi connectivity index (χ4v) is 2.54. The van der Waals surface area contributed by atoms with Gasteiger partial charge in [0.05, 0.1) is 10.0 Å². The number of anilines is 1. The minimum Gasteiger partial charge on any atom is -0.322 e. The molecule has 2 aromatic rings. The molecule has 0 aliphatic heterocycles. The van der Waals surface area contributed by atoms with E-state index in [0.29, 0.717) is 15.6 Å². The molecule has 0 aliphatic rings. The van der Waals surface area contributed by atoms with Crippen LogP contribution >= 0.6 is 23.2 Å². The van der Waals surface area contributed by atoms with Gasteiger partial charge in [-0.3, -0.25) is 9.69 Å². The van der Waals surface area contributed by atoms with E-state index in [1.165, 1.54) is 5.56 Å². The normalized spacial score (nSPS) is 10.8. The summed E-state index contributed by atoms with van der Waals surface area (Å²) in [6.07, 6.45) is 0. The highest BCUT2D eigenvalue weighted by Gasteiger charge is 2.09. The molecule has 1 amide bonds. The number of amides is 1. The number of hydrogen-bond acceptors (Lipinski definition) is 2. The molecule has 0 atom stereocenters. The maximum Gasteiger partial charge on any atom is 0.255 e. The first-order valence-corrected chi connectivity index (χ1v) is 8.36. The van der Waals surface area contributed by atoms with Crippen molar-refractivity contribution in [3.8, 4) is 0 Å². The van der Waals surface area contributed by atoms with Crippen LogP contribution in [0.4, 0.5) is 5.69 Å². The molecule has 0 aliphatic carbocycles. The zero-order valence-corrected chi connectivity index (χ0v) is 14.8. The Balaban J connectivity index is 2.02. The van der Waals surface area contributed by atoms with Gasteiger partial charge >= 0.3 is 0 Å². The predicted octanol–water partition coefficient (Wildman–Crippen LogP) is 5.09. The number of benzene rings is 2. The van der Waals surface area contributed by atoms with Crippen molar-refractivity contribution in [1.82, 2.24) is 4.90 Å². The fraction of sp³-hybridized carbons (Fsp3) is 0.278. The summed E-state index contributed by atoms with van der Waals surface area (Å²) in [4.78, 5) is 14.5. The SMILES string of the molecule is CCN(CC)Cc1ccc(NC(=O)c2ccc(Cl)c(Cl)c2)cc1. The predicted molar refractivity (Wildman–Crippen MR) is 97.5 cm³/mol. The average Bonchev–Trinajstić information content (AvgIpc) is 2.56. The summed E-state index contributed by atoms with van der Waals surface area (Å²) < 4.78 is 0. The molecule has 0 fully saturated rings. The van der Waals surface area contributed by atoms with Gasteiger partial charge in [-0.1, -0.05) is 49.2 Å². The molecule has 0 saturated carbocycles. The lowest BCUT2D eigenvalue weighted by Crippen LogP contribution is -2.22. The van der Waals surface area contributed by atoms with E-state index in [9.17, 15) is 4.79 Å². The number of nitrogens with one attached hydrogen (secondary N) is 1. The summed E-state index contributed by atoms with van der Waals surface area (Å²) in [5, 5.41) is 3.66. The first-order valence-electron chi connectivity index (χ1n) is 7.61. The van der Waals surface area contributed by atoms with Crippen LogP contribution in [0.1, 0.15) is 29.8 Å². The highest BCUT2D eigenvalue weighted by molar-refractivity contribution is 6.42. The van der Waals surface area contributed by atoms with Crippen molar-refractivity contribution in [1.29, 1.82) is 0 Å². The van der Waals surface area contributed by atoms with E-state index in [2.05, 4.69) is 24.1 Å². The molecule has 0 aromatic heterocycles. The van der Waals surface area contributed by atoms with E-state index in [0.717, 1.165) is 25.3 Å². The van der Waals surface area contributed by atoms with Crippen LogP contribution in [0.25, 0.3) is 0 Å². The highest BCUT2D eigenvalue weighted by Crippen LogP contribution is 2.23. The van der Waals surface area contributed by atoms with E-state index in [-0.39, 0.29) is 5.91 Å². The second-order valence-corrected chi connectivity index (χ2v) is 6.06. The first-order chi connectivity index (χ1) is 11.0. The summed E-state index contributed by atoms with van der Waals surface area (Å²) in [5.74, 6) is -0.208. The lowest BCUT2D eigenvalue weighted by molar-refractivity contribution is 0.102. The van der Waals surface area contributed by atoms with Gasteiger partial charge in [-0.15, -0.1) is 0 Å². The summed E-state index contributed by atoms with van der Waals surface area (Å²) in [7, 11) is 0. The van der Waals surface area contributed by atoms with Crippen molar-refractivity contribution in [3.05, 3.63) is 63.6 Å². The number of hydrogen-bond donors (Lipinski definition) is 1. The molecule has 0 bridgehead atoms. The Bertz CT molecular complexity index is 667. The van der Waals surface area contributed by atoms with Gasteiger partial charge in [0, 0.05) is 17.8 Å². The second kappa shape index (κ2) is 8.34. The van der Waals surface area contributed by atoms with Gasteiger partial charge in [0.25, 0.3) is 5.91 Å². The standard InChI is InChI=1S/C18H20Cl2N2O/c1-3-22(4-2)12-13-5-8-15(9-6-13)21-18(23)14-7-10-16(19)17(20)11-14/h5-11H,3-4,12H2,1-2H3,(H,21,23). The molecule has 5 heteroatoms. The van der Waals surface area contributed by atoms with Crippen LogP contribution in [0.5, 0.6) is 0 Å². The number of rotatable bonds is 6. The van der Waals surface area contributed by atoms with Crippen LogP contribution < -0.4 is 5.32 Å². The highest BCUT2D eigenvalue weighted by atomic mass is 35.5. The number of carbonyl (C=O) groups excluding carboxylic acids is 1. The van der Waals surface area contributed by atoms with Crippen LogP contribution in [-0.4, -0.2) is 23.9 Å². The Morgan fingerprint density at radius 2 is 1.65 bits per heavy atom. The van der Waals surface area contributed by atoms with Crippen molar-refractivity contribution in [2.24, 2.45) is 0 Å². The Kier molecular flexibility index (Phi) is 6.46. The monoisotopic (exact) mass is 350 g/mol. The quantitative estimate of drug-likeness (QED) is 0.786. The largest absolute Gasteiger partial charge is 0.322 e. The van der Waals surface area contributed by atoms with E-state index in [1.54, 1.807) is 18.2 Å².